The Morgan fingerprint density at radius 3 is 2.10 bits per heavy atom. The van der Waals surface area contributed by atoms with Gasteiger partial charge in [-0.2, -0.15) is 8.42 Å². The molecule has 0 saturated heterocycles. The van der Waals surface area contributed by atoms with E-state index in [9.17, 15) is 12.8 Å². The first-order valence-corrected chi connectivity index (χ1v) is 4.10. The average Bonchev–Trinajstić information content (AvgIpc) is 1.95. The van der Waals surface area contributed by atoms with Crippen LogP contribution < -0.4 is 0 Å². The van der Waals surface area contributed by atoms with E-state index < -0.39 is 16.5 Å². The maximum absolute atomic E-state index is 12.4. The van der Waals surface area contributed by atoms with Crippen LogP contribution in [0, 0.1) is 0 Å². The van der Waals surface area contributed by atoms with Gasteiger partial charge in [0.2, 0.25) is 6.36 Å². The molecule has 1 unspecified atom stereocenters. The maximum atomic E-state index is 12.4. The molecule has 1 heterocycles. The summed E-state index contributed by atoms with van der Waals surface area (Å²) in [5.74, 6) is 0. The zero-order chi connectivity index (χ0) is 7.94. The number of alkyl halides is 1. The zero-order valence-electron chi connectivity index (χ0n) is 5.59. The average molecular weight is 166 g/mol. The summed E-state index contributed by atoms with van der Waals surface area (Å²) in [5.41, 5.74) is 0.139. The lowest BCUT2D eigenvalue weighted by atomic mass is 10.3. The van der Waals surface area contributed by atoms with Gasteiger partial charge in [0.15, 0.2) is 0 Å². The van der Waals surface area contributed by atoms with E-state index in [0.29, 0.717) is 0 Å². The topological polar surface area (TPSA) is 43.4 Å². The first-order valence-electron chi connectivity index (χ1n) is 2.70. The molecule has 1 atom stereocenters. The molecule has 5 heteroatoms. The molecule has 0 aliphatic carbocycles. The molecule has 1 aliphatic heterocycles. The van der Waals surface area contributed by atoms with Gasteiger partial charge in [0.05, 0.1) is 4.91 Å². The van der Waals surface area contributed by atoms with Crippen molar-refractivity contribution in [1.82, 2.24) is 0 Å². The zero-order valence-corrected chi connectivity index (χ0v) is 6.40. The van der Waals surface area contributed by atoms with Gasteiger partial charge in [0.1, 0.15) is 0 Å². The third-order valence-corrected chi connectivity index (χ3v) is 2.98. The van der Waals surface area contributed by atoms with Crippen LogP contribution in [0.5, 0.6) is 0 Å². The molecule has 1 rings (SSSR count). The van der Waals surface area contributed by atoms with Crippen molar-refractivity contribution in [3.63, 3.8) is 0 Å². The van der Waals surface area contributed by atoms with E-state index in [0.717, 1.165) is 0 Å². The molecule has 0 spiro atoms. The fraction of sp³-hybridized carbons (Fsp3) is 0.600. The number of allylic oxidation sites excluding steroid dienone is 1. The molecule has 3 nitrogen and oxygen atoms in total. The molecular weight excluding hydrogens is 159 g/mol. The molecule has 0 saturated carbocycles. The maximum Gasteiger partial charge on any atom is 0.295 e. The lowest BCUT2D eigenvalue weighted by molar-refractivity contribution is 0.121. The van der Waals surface area contributed by atoms with Crippen molar-refractivity contribution in [2.24, 2.45) is 0 Å². The second kappa shape index (κ2) is 2.03. The fourth-order valence-electron chi connectivity index (χ4n) is 0.613. The minimum atomic E-state index is -3.72. The summed E-state index contributed by atoms with van der Waals surface area (Å²) >= 11 is 0. The summed E-state index contributed by atoms with van der Waals surface area (Å²) in [6, 6.07) is 0. The molecular formula is C5H7FO3S. The van der Waals surface area contributed by atoms with Gasteiger partial charge in [-0.1, -0.05) is 0 Å². The minimum absolute atomic E-state index is 0.0139. The standard InChI is InChI=1S/C5H7FO3S/c1-3-4(2)10(7,8)9-5(3)6/h5H,1-2H3. The molecule has 0 aromatic carbocycles. The van der Waals surface area contributed by atoms with Gasteiger partial charge in [0, 0.05) is 5.57 Å². The van der Waals surface area contributed by atoms with Crippen molar-refractivity contribution in [3.8, 4) is 0 Å². The van der Waals surface area contributed by atoms with Crippen LogP contribution in [0.1, 0.15) is 13.8 Å². The summed E-state index contributed by atoms with van der Waals surface area (Å²) in [6.45, 7) is 2.72. The van der Waals surface area contributed by atoms with E-state index >= 15 is 0 Å². The van der Waals surface area contributed by atoms with E-state index in [1.54, 1.807) is 0 Å². The van der Waals surface area contributed by atoms with Gasteiger partial charge in [-0.25, -0.2) is 8.57 Å². The van der Waals surface area contributed by atoms with Crippen LogP contribution in [0.25, 0.3) is 0 Å². The van der Waals surface area contributed by atoms with E-state index in [1.807, 2.05) is 0 Å². The molecule has 0 aromatic heterocycles. The van der Waals surface area contributed by atoms with Crippen molar-refractivity contribution in [1.29, 1.82) is 0 Å². The number of rotatable bonds is 0. The Balaban J connectivity index is 3.20. The Bertz CT molecular complexity index is 277. The molecule has 0 bridgehead atoms. The highest BCUT2D eigenvalue weighted by Gasteiger charge is 2.33. The molecule has 0 N–H and O–H groups in total. The first-order chi connectivity index (χ1) is 4.45. The fourth-order valence-corrected chi connectivity index (χ4v) is 1.61. The van der Waals surface area contributed by atoms with Crippen LogP contribution in [0.3, 0.4) is 0 Å². The Kier molecular flexibility index (Phi) is 1.56. The third-order valence-electron chi connectivity index (χ3n) is 1.48. The SMILES string of the molecule is CC1=C(C)S(=O)(=O)OC1F. The Morgan fingerprint density at radius 1 is 1.50 bits per heavy atom. The van der Waals surface area contributed by atoms with Gasteiger partial charge in [-0.05, 0) is 13.8 Å². The molecule has 58 valence electrons. The lowest BCUT2D eigenvalue weighted by Gasteiger charge is -1.94. The van der Waals surface area contributed by atoms with Crippen molar-refractivity contribution < 1.29 is 17.0 Å². The monoisotopic (exact) mass is 166 g/mol. The Hall–Kier alpha value is -0.420. The molecule has 0 aromatic rings. The summed E-state index contributed by atoms with van der Waals surface area (Å²) in [5, 5.41) is 0. The summed E-state index contributed by atoms with van der Waals surface area (Å²) < 4.78 is 37.7. The van der Waals surface area contributed by atoms with Crippen LogP contribution in [-0.2, 0) is 14.3 Å². The molecule has 0 fully saturated rings. The first kappa shape index (κ1) is 7.68. The highest BCUT2D eigenvalue weighted by Crippen LogP contribution is 2.28. The minimum Gasteiger partial charge on any atom is -0.225 e. The van der Waals surface area contributed by atoms with Crippen LogP contribution in [0.2, 0.25) is 0 Å². The smallest absolute Gasteiger partial charge is 0.225 e. The van der Waals surface area contributed by atoms with E-state index in [2.05, 4.69) is 4.18 Å². The van der Waals surface area contributed by atoms with Gasteiger partial charge in [-0.15, -0.1) is 0 Å². The van der Waals surface area contributed by atoms with Crippen molar-refractivity contribution >= 4 is 10.1 Å². The number of halogens is 1. The van der Waals surface area contributed by atoms with E-state index in [1.165, 1.54) is 13.8 Å². The molecule has 0 radical (unpaired) electrons. The normalized spacial score (nSPS) is 31.3. The van der Waals surface area contributed by atoms with Crippen molar-refractivity contribution in [3.05, 3.63) is 10.5 Å². The van der Waals surface area contributed by atoms with E-state index in [-0.39, 0.29) is 10.5 Å². The summed E-state index contributed by atoms with van der Waals surface area (Å²) in [6.07, 6.45) is -1.77. The highest BCUT2D eigenvalue weighted by molar-refractivity contribution is 7.90. The van der Waals surface area contributed by atoms with Gasteiger partial charge in [-0.3, -0.25) is 0 Å². The van der Waals surface area contributed by atoms with Gasteiger partial charge >= 0.3 is 0 Å². The van der Waals surface area contributed by atoms with E-state index in [4.69, 9.17) is 0 Å². The lowest BCUT2D eigenvalue weighted by Crippen LogP contribution is -2.03. The summed E-state index contributed by atoms with van der Waals surface area (Å²) in [4.78, 5) is -0.0139. The third kappa shape index (κ3) is 0.951. The number of hydrogen-bond donors (Lipinski definition) is 0. The molecule has 0 amide bonds. The van der Waals surface area contributed by atoms with Crippen LogP contribution in [0.15, 0.2) is 10.5 Å². The van der Waals surface area contributed by atoms with Gasteiger partial charge in [0.25, 0.3) is 10.1 Å². The van der Waals surface area contributed by atoms with Crippen molar-refractivity contribution in [2.75, 3.05) is 0 Å². The van der Waals surface area contributed by atoms with Gasteiger partial charge < -0.3 is 0 Å². The highest BCUT2D eigenvalue weighted by atomic mass is 32.2. The second-order valence-corrected chi connectivity index (χ2v) is 3.82. The Labute approximate surface area is 58.6 Å². The second-order valence-electron chi connectivity index (χ2n) is 2.11. The predicted octanol–water partition coefficient (Wildman–Crippen LogP) is 0.936. The van der Waals surface area contributed by atoms with Crippen LogP contribution in [0.4, 0.5) is 4.39 Å². The largest absolute Gasteiger partial charge is 0.295 e. The van der Waals surface area contributed by atoms with Crippen molar-refractivity contribution in [2.45, 2.75) is 20.2 Å². The quantitative estimate of drug-likeness (QED) is 0.503. The predicted molar refractivity (Wildman–Crippen MR) is 33.3 cm³/mol. The summed E-state index contributed by atoms with van der Waals surface area (Å²) in [7, 11) is -3.72. The van der Waals surface area contributed by atoms with Crippen LogP contribution in [-0.4, -0.2) is 14.8 Å². The van der Waals surface area contributed by atoms with Crippen LogP contribution >= 0.6 is 0 Å². The Morgan fingerprint density at radius 2 is 2.00 bits per heavy atom. The molecule has 1 aliphatic rings. The molecule has 10 heavy (non-hydrogen) atoms. The number of hydrogen-bond acceptors (Lipinski definition) is 3.